The molecule has 0 aromatic rings. The van der Waals surface area contributed by atoms with E-state index in [1.807, 2.05) is 0 Å². The van der Waals surface area contributed by atoms with Crippen molar-refractivity contribution >= 4 is 11.6 Å². The number of Topliss-reactive ketones (excluding diaryl/α,β-unsaturated/α-hetero) is 2. The van der Waals surface area contributed by atoms with Crippen molar-refractivity contribution in [2.24, 2.45) is 5.92 Å². The van der Waals surface area contributed by atoms with Gasteiger partial charge in [0, 0.05) is 19.3 Å². The van der Waals surface area contributed by atoms with E-state index in [1.54, 1.807) is 0 Å². The van der Waals surface area contributed by atoms with Crippen LogP contribution in [0, 0.1) is 5.92 Å². The topological polar surface area (TPSA) is 34.1 Å². The van der Waals surface area contributed by atoms with E-state index in [2.05, 4.69) is 6.08 Å². The quantitative estimate of drug-likeness (QED) is 0.639. The smallest absolute Gasteiger partial charge is 0.158 e. The van der Waals surface area contributed by atoms with Gasteiger partial charge >= 0.3 is 0 Å². The Labute approximate surface area is 84.4 Å². The summed E-state index contributed by atoms with van der Waals surface area (Å²) in [5, 5.41) is 0. The van der Waals surface area contributed by atoms with E-state index in [9.17, 15) is 9.59 Å². The Morgan fingerprint density at radius 2 is 2.00 bits per heavy atom. The Morgan fingerprint density at radius 3 is 2.71 bits per heavy atom. The molecule has 2 aliphatic carbocycles. The van der Waals surface area contributed by atoms with Gasteiger partial charge in [-0.15, -0.1) is 0 Å². The van der Waals surface area contributed by atoms with Gasteiger partial charge in [-0.25, -0.2) is 0 Å². The number of ketones is 2. The van der Waals surface area contributed by atoms with Crippen LogP contribution in [0.15, 0.2) is 11.6 Å². The van der Waals surface area contributed by atoms with Crippen molar-refractivity contribution in [1.29, 1.82) is 0 Å². The van der Waals surface area contributed by atoms with Gasteiger partial charge in [0.25, 0.3) is 0 Å². The van der Waals surface area contributed by atoms with Crippen molar-refractivity contribution in [3.8, 4) is 0 Å². The second kappa shape index (κ2) is 4.07. The summed E-state index contributed by atoms with van der Waals surface area (Å²) in [6.45, 7) is 0. The van der Waals surface area contributed by atoms with E-state index < -0.39 is 0 Å². The maximum atomic E-state index is 11.6. The molecule has 1 unspecified atom stereocenters. The number of hydrogen-bond donors (Lipinski definition) is 0. The average Bonchev–Trinajstić information content (AvgIpc) is 2.18. The molecule has 1 fully saturated rings. The van der Waals surface area contributed by atoms with Crippen molar-refractivity contribution in [2.45, 2.75) is 44.9 Å². The zero-order chi connectivity index (χ0) is 9.97. The molecule has 2 nitrogen and oxygen atoms in total. The highest BCUT2D eigenvalue weighted by Gasteiger charge is 2.27. The molecular weight excluding hydrogens is 176 g/mol. The minimum absolute atomic E-state index is 0.254. The number of carbonyl (C=O) groups excluding carboxylic acids is 2. The third-order valence-electron chi connectivity index (χ3n) is 3.22. The van der Waals surface area contributed by atoms with Gasteiger partial charge < -0.3 is 0 Å². The van der Waals surface area contributed by atoms with Gasteiger partial charge in [-0.05, 0) is 37.2 Å². The summed E-state index contributed by atoms with van der Waals surface area (Å²) in [5.41, 5.74) is 0.962. The number of carbonyl (C=O) groups is 2. The highest BCUT2D eigenvalue weighted by atomic mass is 16.1. The first-order valence-corrected chi connectivity index (χ1v) is 5.52. The Hall–Kier alpha value is -0.920. The maximum absolute atomic E-state index is 11.6. The molecule has 14 heavy (non-hydrogen) atoms. The molecule has 0 heterocycles. The highest BCUT2D eigenvalue weighted by Crippen LogP contribution is 2.31. The molecule has 2 rings (SSSR count). The molecule has 0 saturated heterocycles. The molecule has 76 valence electrons. The summed E-state index contributed by atoms with van der Waals surface area (Å²) in [4.78, 5) is 22.9. The lowest BCUT2D eigenvalue weighted by atomic mass is 9.79. The standard InChI is InChI=1S/C12H16O2/c13-10-5-3-4-9(8-10)11-6-1-2-7-12(11)14/h6,9H,1-5,7-8H2. The van der Waals surface area contributed by atoms with E-state index in [-0.39, 0.29) is 11.7 Å². The minimum Gasteiger partial charge on any atom is -0.300 e. The normalized spacial score (nSPS) is 28.9. The van der Waals surface area contributed by atoms with Crippen molar-refractivity contribution in [3.05, 3.63) is 11.6 Å². The fraction of sp³-hybridized carbons (Fsp3) is 0.667. The van der Waals surface area contributed by atoms with Crippen LogP contribution in [0.2, 0.25) is 0 Å². The molecule has 0 aliphatic heterocycles. The third-order valence-corrected chi connectivity index (χ3v) is 3.22. The fourth-order valence-corrected chi connectivity index (χ4v) is 2.46. The number of allylic oxidation sites excluding steroid dienone is 2. The second-order valence-electron chi connectivity index (χ2n) is 4.31. The molecule has 2 aliphatic rings. The lowest BCUT2D eigenvalue weighted by Crippen LogP contribution is -2.22. The van der Waals surface area contributed by atoms with Gasteiger partial charge in [-0.3, -0.25) is 9.59 Å². The van der Waals surface area contributed by atoms with Crippen LogP contribution in [0.1, 0.15) is 44.9 Å². The van der Waals surface area contributed by atoms with E-state index in [0.717, 1.165) is 37.7 Å². The molecule has 1 saturated carbocycles. The predicted molar refractivity (Wildman–Crippen MR) is 53.9 cm³/mol. The molecule has 0 radical (unpaired) electrons. The molecular formula is C12H16O2. The number of rotatable bonds is 1. The second-order valence-corrected chi connectivity index (χ2v) is 4.31. The van der Waals surface area contributed by atoms with Gasteiger partial charge in [-0.1, -0.05) is 6.08 Å². The van der Waals surface area contributed by atoms with E-state index >= 15 is 0 Å². The van der Waals surface area contributed by atoms with Crippen molar-refractivity contribution in [3.63, 3.8) is 0 Å². The Bertz CT molecular complexity index is 289. The van der Waals surface area contributed by atoms with Crippen LogP contribution < -0.4 is 0 Å². The molecule has 0 amide bonds. The van der Waals surface area contributed by atoms with Crippen molar-refractivity contribution < 1.29 is 9.59 Å². The first-order chi connectivity index (χ1) is 6.77. The Morgan fingerprint density at radius 1 is 1.14 bits per heavy atom. The third kappa shape index (κ3) is 1.94. The summed E-state index contributed by atoms with van der Waals surface area (Å²) in [6, 6.07) is 0. The van der Waals surface area contributed by atoms with Crippen LogP contribution >= 0.6 is 0 Å². The lowest BCUT2D eigenvalue weighted by molar-refractivity contribution is -0.121. The van der Waals surface area contributed by atoms with Crippen LogP contribution in [0.4, 0.5) is 0 Å². The number of hydrogen-bond acceptors (Lipinski definition) is 2. The van der Waals surface area contributed by atoms with Crippen LogP contribution in [0.25, 0.3) is 0 Å². The van der Waals surface area contributed by atoms with E-state index in [1.165, 1.54) is 0 Å². The summed E-state index contributed by atoms with van der Waals surface area (Å²) >= 11 is 0. The van der Waals surface area contributed by atoms with Gasteiger partial charge in [-0.2, -0.15) is 0 Å². The lowest BCUT2D eigenvalue weighted by Gasteiger charge is -2.24. The molecule has 0 aromatic heterocycles. The maximum Gasteiger partial charge on any atom is 0.158 e. The Balaban J connectivity index is 2.09. The average molecular weight is 192 g/mol. The first kappa shape index (κ1) is 9.63. The van der Waals surface area contributed by atoms with Crippen LogP contribution in [0.3, 0.4) is 0 Å². The summed E-state index contributed by atoms with van der Waals surface area (Å²) < 4.78 is 0. The van der Waals surface area contributed by atoms with Gasteiger partial charge in [0.1, 0.15) is 5.78 Å². The van der Waals surface area contributed by atoms with Gasteiger partial charge in [0.05, 0.1) is 0 Å². The summed E-state index contributed by atoms with van der Waals surface area (Å²) in [7, 11) is 0. The van der Waals surface area contributed by atoms with E-state index in [4.69, 9.17) is 0 Å². The van der Waals surface area contributed by atoms with Gasteiger partial charge in [0.2, 0.25) is 0 Å². The van der Waals surface area contributed by atoms with Gasteiger partial charge in [0.15, 0.2) is 5.78 Å². The summed E-state index contributed by atoms with van der Waals surface area (Å²) in [5.74, 6) is 0.875. The first-order valence-electron chi connectivity index (χ1n) is 5.52. The Kier molecular flexibility index (Phi) is 2.80. The molecule has 0 bridgehead atoms. The molecule has 1 atom stereocenters. The predicted octanol–water partition coefficient (Wildman–Crippen LogP) is 2.43. The molecule has 0 N–H and O–H groups in total. The largest absolute Gasteiger partial charge is 0.300 e. The van der Waals surface area contributed by atoms with Crippen molar-refractivity contribution in [1.82, 2.24) is 0 Å². The molecule has 2 heteroatoms. The van der Waals surface area contributed by atoms with Crippen LogP contribution in [0.5, 0.6) is 0 Å². The zero-order valence-corrected chi connectivity index (χ0v) is 8.42. The fourth-order valence-electron chi connectivity index (χ4n) is 2.46. The molecule has 0 aromatic carbocycles. The zero-order valence-electron chi connectivity index (χ0n) is 8.42. The highest BCUT2D eigenvalue weighted by molar-refractivity contribution is 5.97. The monoisotopic (exact) mass is 192 g/mol. The minimum atomic E-state index is 0.254. The van der Waals surface area contributed by atoms with Crippen molar-refractivity contribution in [2.75, 3.05) is 0 Å². The summed E-state index contributed by atoms with van der Waals surface area (Å²) in [6.07, 6.45) is 8.09. The molecule has 0 spiro atoms. The van der Waals surface area contributed by atoms with Crippen LogP contribution in [-0.4, -0.2) is 11.6 Å². The van der Waals surface area contributed by atoms with Crippen LogP contribution in [-0.2, 0) is 9.59 Å². The van der Waals surface area contributed by atoms with E-state index in [0.29, 0.717) is 18.6 Å². The SMILES string of the molecule is O=C1CCCC(C2=CCCCC2=O)C1.